The summed E-state index contributed by atoms with van der Waals surface area (Å²) in [6.07, 6.45) is 2.83. The summed E-state index contributed by atoms with van der Waals surface area (Å²) in [5.74, 6) is 1.00. The van der Waals surface area contributed by atoms with Crippen molar-refractivity contribution in [2.75, 3.05) is 11.9 Å². The van der Waals surface area contributed by atoms with E-state index in [2.05, 4.69) is 30.8 Å². The van der Waals surface area contributed by atoms with E-state index in [1.165, 1.54) is 0 Å². The molecule has 1 rings (SSSR count). The highest BCUT2D eigenvalue weighted by atomic mass is 16.3. The van der Waals surface area contributed by atoms with Gasteiger partial charge < -0.3 is 10.0 Å². The normalized spacial score (nSPS) is 12.6. The SMILES string of the molecule is CCC(C)N(C)c1ncc(CO)cc1C. The molecule has 0 radical (unpaired) electrons. The minimum Gasteiger partial charge on any atom is -0.392 e. The third-order valence-corrected chi connectivity index (χ3v) is 2.88. The molecule has 3 nitrogen and oxygen atoms in total. The first-order chi connectivity index (χ1) is 7.10. The Morgan fingerprint density at radius 3 is 2.67 bits per heavy atom. The van der Waals surface area contributed by atoms with Crippen molar-refractivity contribution >= 4 is 5.82 Å². The standard InChI is InChI=1S/C12H20N2O/c1-5-10(3)14(4)12-9(2)6-11(8-15)7-13-12/h6-7,10,15H,5,8H2,1-4H3. The number of pyridine rings is 1. The molecule has 1 aromatic rings. The number of rotatable bonds is 4. The maximum atomic E-state index is 8.99. The van der Waals surface area contributed by atoms with Crippen LogP contribution < -0.4 is 4.90 Å². The highest BCUT2D eigenvalue weighted by molar-refractivity contribution is 5.47. The van der Waals surface area contributed by atoms with Crippen LogP contribution in [0.4, 0.5) is 5.82 Å². The summed E-state index contributed by atoms with van der Waals surface area (Å²) in [5.41, 5.74) is 1.98. The quantitative estimate of drug-likeness (QED) is 0.823. The van der Waals surface area contributed by atoms with Gasteiger partial charge in [-0.3, -0.25) is 0 Å². The molecule has 1 N–H and O–H groups in total. The van der Waals surface area contributed by atoms with Crippen molar-refractivity contribution < 1.29 is 5.11 Å². The average Bonchev–Trinajstić information content (AvgIpc) is 2.26. The molecule has 1 heterocycles. The van der Waals surface area contributed by atoms with E-state index in [1.54, 1.807) is 6.20 Å². The topological polar surface area (TPSA) is 36.4 Å². The molecule has 0 bridgehead atoms. The second kappa shape index (κ2) is 5.12. The van der Waals surface area contributed by atoms with Crippen molar-refractivity contribution in [3.8, 4) is 0 Å². The highest BCUT2D eigenvalue weighted by Crippen LogP contribution is 2.19. The zero-order valence-electron chi connectivity index (χ0n) is 9.99. The molecule has 0 aliphatic carbocycles. The number of aryl methyl sites for hydroxylation is 1. The fourth-order valence-electron chi connectivity index (χ4n) is 1.56. The van der Waals surface area contributed by atoms with Crippen molar-refractivity contribution in [3.63, 3.8) is 0 Å². The molecule has 1 unspecified atom stereocenters. The Hall–Kier alpha value is -1.09. The Bertz CT molecular complexity index is 325. The summed E-state index contributed by atoms with van der Waals surface area (Å²) in [6, 6.07) is 2.47. The molecule has 3 heteroatoms. The first kappa shape index (κ1) is 12.0. The van der Waals surface area contributed by atoms with Gasteiger partial charge in [-0.2, -0.15) is 0 Å². The van der Waals surface area contributed by atoms with Crippen molar-refractivity contribution in [2.24, 2.45) is 0 Å². The summed E-state index contributed by atoms with van der Waals surface area (Å²) >= 11 is 0. The van der Waals surface area contributed by atoms with Crippen LogP contribution in [0.2, 0.25) is 0 Å². The predicted octanol–water partition coefficient (Wildman–Crippen LogP) is 2.12. The Kier molecular flexibility index (Phi) is 4.09. The van der Waals surface area contributed by atoms with Crippen LogP contribution in [-0.4, -0.2) is 23.2 Å². The van der Waals surface area contributed by atoms with Gasteiger partial charge in [-0.15, -0.1) is 0 Å². The van der Waals surface area contributed by atoms with E-state index in [1.807, 2.05) is 13.0 Å². The van der Waals surface area contributed by atoms with Gasteiger partial charge in [0.2, 0.25) is 0 Å². The zero-order valence-corrected chi connectivity index (χ0v) is 9.99. The summed E-state index contributed by atoms with van der Waals surface area (Å²) in [7, 11) is 2.06. The van der Waals surface area contributed by atoms with Gasteiger partial charge in [0.25, 0.3) is 0 Å². The summed E-state index contributed by atoms with van der Waals surface area (Å²) in [5, 5.41) is 8.99. The van der Waals surface area contributed by atoms with Crippen LogP contribution >= 0.6 is 0 Å². The molecule has 1 atom stereocenters. The second-order valence-corrected chi connectivity index (χ2v) is 4.01. The van der Waals surface area contributed by atoms with Crippen molar-refractivity contribution in [1.29, 1.82) is 0 Å². The van der Waals surface area contributed by atoms with Gasteiger partial charge in [0.15, 0.2) is 0 Å². The van der Waals surface area contributed by atoms with E-state index < -0.39 is 0 Å². The molecule has 0 spiro atoms. The van der Waals surface area contributed by atoms with Gasteiger partial charge >= 0.3 is 0 Å². The largest absolute Gasteiger partial charge is 0.392 e. The smallest absolute Gasteiger partial charge is 0.131 e. The van der Waals surface area contributed by atoms with Crippen molar-refractivity contribution in [3.05, 3.63) is 23.4 Å². The Morgan fingerprint density at radius 2 is 2.20 bits per heavy atom. The fraction of sp³-hybridized carbons (Fsp3) is 0.583. The molecule has 0 fully saturated rings. The minimum atomic E-state index is 0.0567. The van der Waals surface area contributed by atoms with Gasteiger partial charge in [0.05, 0.1) is 6.61 Å². The number of hydrogen-bond donors (Lipinski definition) is 1. The molecule has 0 aliphatic rings. The van der Waals surface area contributed by atoms with Gasteiger partial charge in [0, 0.05) is 19.3 Å². The molecule has 0 saturated carbocycles. The van der Waals surface area contributed by atoms with Gasteiger partial charge in [-0.05, 0) is 37.5 Å². The molecule has 0 saturated heterocycles. The van der Waals surface area contributed by atoms with E-state index in [0.29, 0.717) is 6.04 Å². The third kappa shape index (κ3) is 2.69. The lowest BCUT2D eigenvalue weighted by Crippen LogP contribution is -2.29. The van der Waals surface area contributed by atoms with E-state index in [9.17, 15) is 0 Å². The van der Waals surface area contributed by atoms with Crippen LogP contribution in [0.5, 0.6) is 0 Å². The number of anilines is 1. The van der Waals surface area contributed by atoms with Crippen LogP contribution in [0.25, 0.3) is 0 Å². The summed E-state index contributed by atoms with van der Waals surface area (Å²) in [4.78, 5) is 6.56. The molecule has 0 amide bonds. The summed E-state index contributed by atoms with van der Waals surface area (Å²) < 4.78 is 0. The van der Waals surface area contributed by atoms with Gasteiger partial charge in [-0.1, -0.05) is 6.92 Å². The average molecular weight is 208 g/mol. The van der Waals surface area contributed by atoms with Crippen LogP contribution in [0.1, 0.15) is 31.4 Å². The molecule has 0 aliphatic heterocycles. The number of aromatic nitrogens is 1. The monoisotopic (exact) mass is 208 g/mol. The first-order valence-electron chi connectivity index (χ1n) is 5.39. The summed E-state index contributed by atoms with van der Waals surface area (Å²) in [6.45, 7) is 6.43. The van der Waals surface area contributed by atoms with Gasteiger partial charge in [0.1, 0.15) is 5.82 Å². The highest BCUT2D eigenvalue weighted by Gasteiger charge is 2.11. The van der Waals surface area contributed by atoms with E-state index >= 15 is 0 Å². The Labute approximate surface area is 91.8 Å². The predicted molar refractivity (Wildman–Crippen MR) is 63.1 cm³/mol. The molecule has 1 aromatic heterocycles. The Balaban J connectivity index is 2.95. The van der Waals surface area contributed by atoms with E-state index in [-0.39, 0.29) is 6.61 Å². The van der Waals surface area contributed by atoms with Crippen molar-refractivity contribution in [2.45, 2.75) is 39.8 Å². The lowest BCUT2D eigenvalue weighted by atomic mass is 10.1. The van der Waals surface area contributed by atoms with Crippen LogP contribution in [0.3, 0.4) is 0 Å². The third-order valence-electron chi connectivity index (χ3n) is 2.88. The molecule has 0 aromatic carbocycles. The number of aliphatic hydroxyl groups is 1. The zero-order chi connectivity index (χ0) is 11.4. The maximum Gasteiger partial charge on any atom is 0.131 e. The number of hydrogen-bond acceptors (Lipinski definition) is 3. The Morgan fingerprint density at radius 1 is 1.53 bits per heavy atom. The first-order valence-corrected chi connectivity index (χ1v) is 5.39. The molecule has 84 valence electrons. The molecular weight excluding hydrogens is 188 g/mol. The van der Waals surface area contributed by atoms with Crippen LogP contribution in [0.15, 0.2) is 12.3 Å². The maximum absolute atomic E-state index is 8.99. The second-order valence-electron chi connectivity index (χ2n) is 4.01. The lowest BCUT2D eigenvalue weighted by molar-refractivity contribution is 0.281. The number of aliphatic hydroxyl groups excluding tert-OH is 1. The van der Waals surface area contributed by atoms with E-state index in [0.717, 1.165) is 23.4 Å². The molecule has 15 heavy (non-hydrogen) atoms. The van der Waals surface area contributed by atoms with Gasteiger partial charge in [-0.25, -0.2) is 4.98 Å². The lowest BCUT2D eigenvalue weighted by Gasteiger charge is -2.26. The van der Waals surface area contributed by atoms with Crippen LogP contribution in [-0.2, 0) is 6.61 Å². The van der Waals surface area contributed by atoms with E-state index in [4.69, 9.17) is 5.11 Å². The number of nitrogens with zero attached hydrogens (tertiary/aromatic N) is 2. The fourth-order valence-corrected chi connectivity index (χ4v) is 1.56. The molecular formula is C12H20N2O. The van der Waals surface area contributed by atoms with Crippen molar-refractivity contribution in [1.82, 2.24) is 4.98 Å². The van der Waals surface area contributed by atoms with Crippen LogP contribution in [0, 0.1) is 6.92 Å². The minimum absolute atomic E-state index is 0.0567.